The predicted octanol–water partition coefficient (Wildman–Crippen LogP) is 6.66. The topological polar surface area (TPSA) is 129 Å². The molecule has 1 heterocycles. The van der Waals surface area contributed by atoms with Crippen LogP contribution < -0.4 is 21.5 Å². The standard InChI is InChI=1S/C20H38N2O3.C11H7F3N2O2/c1-16(10-8-9-15-21-19(24)25-20(2,3)4)22-18(23)14-13-17-11-6-5-7-12-17;12-11(13,14)8-4-10(18)16-9-3-6(15-5-17)1-2-7(8)9/h16-17H,5-15H2,1-4H3,(H,21,24)(H,22,23);1-5H,(H,15,17)(H,16,18). The van der Waals surface area contributed by atoms with Crippen molar-refractivity contribution in [2.45, 2.75) is 110 Å². The Morgan fingerprint density at radius 3 is 2.42 bits per heavy atom. The Balaban J connectivity index is 0.000000315. The van der Waals surface area contributed by atoms with Crippen molar-refractivity contribution in [2.75, 3.05) is 11.9 Å². The van der Waals surface area contributed by atoms with E-state index in [4.69, 9.17) is 4.74 Å². The highest BCUT2D eigenvalue weighted by Crippen LogP contribution is 2.33. The van der Waals surface area contributed by atoms with Crippen molar-refractivity contribution in [3.05, 3.63) is 40.2 Å². The number of anilines is 1. The summed E-state index contributed by atoms with van der Waals surface area (Å²) in [6, 6.07) is 4.49. The number of carbonyl (C=O) groups is 3. The zero-order chi connectivity index (χ0) is 32.0. The summed E-state index contributed by atoms with van der Waals surface area (Å²) in [6.45, 7) is 8.22. The van der Waals surface area contributed by atoms with E-state index in [1.54, 1.807) is 0 Å². The number of hydrogen-bond donors (Lipinski definition) is 4. The number of pyridine rings is 1. The summed E-state index contributed by atoms with van der Waals surface area (Å²) in [6.07, 6.45) is 6.56. The van der Waals surface area contributed by atoms with Gasteiger partial charge in [-0.05, 0) is 71.4 Å². The Morgan fingerprint density at radius 1 is 1.09 bits per heavy atom. The Bertz CT molecular complexity index is 1250. The summed E-state index contributed by atoms with van der Waals surface area (Å²) in [5, 5.41) is 8.03. The molecule has 1 fully saturated rings. The monoisotopic (exact) mass is 610 g/mol. The van der Waals surface area contributed by atoms with Gasteiger partial charge in [0.05, 0.1) is 11.1 Å². The van der Waals surface area contributed by atoms with Gasteiger partial charge in [-0.25, -0.2) is 4.79 Å². The van der Waals surface area contributed by atoms with Crippen LogP contribution in [0.15, 0.2) is 29.1 Å². The lowest BCUT2D eigenvalue weighted by molar-refractivity contribution is -0.136. The highest BCUT2D eigenvalue weighted by Gasteiger charge is 2.33. The van der Waals surface area contributed by atoms with Gasteiger partial charge in [0.25, 0.3) is 0 Å². The molecule has 3 amide bonds. The molecule has 12 heteroatoms. The molecule has 0 bridgehead atoms. The maximum absolute atomic E-state index is 12.7. The highest BCUT2D eigenvalue weighted by molar-refractivity contribution is 5.87. The highest BCUT2D eigenvalue weighted by atomic mass is 19.4. The lowest BCUT2D eigenvalue weighted by Crippen LogP contribution is -2.34. The van der Waals surface area contributed by atoms with Gasteiger partial charge in [-0.1, -0.05) is 38.2 Å². The van der Waals surface area contributed by atoms with E-state index in [1.165, 1.54) is 50.3 Å². The first-order valence-electron chi connectivity index (χ1n) is 14.9. The minimum Gasteiger partial charge on any atom is -0.444 e. The van der Waals surface area contributed by atoms with E-state index in [0.29, 0.717) is 31.1 Å². The van der Waals surface area contributed by atoms with Crippen LogP contribution in [-0.2, 0) is 20.5 Å². The number of aromatic nitrogens is 1. The molecule has 1 atom stereocenters. The fourth-order valence-corrected chi connectivity index (χ4v) is 4.96. The lowest BCUT2D eigenvalue weighted by atomic mass is 9.86. The molecule has 2 aromatic rings. The van der Waals surface area contributed by atoms with Crippen molar-refractivity contribution in [3.63, 3.8) is 0 Å². The summed E-state index contributed by atoms with van der Waals surface area (Å²) < 4.78 is 43.4. The quantitative estimate of drug-likeness (QED) is 0.167. The van der Waals surface area contributed by atoms with Crippen molar-refractivity contribution in [1.29, 1.82) is 0 Å². The van der Waals surface area contributed by atoms with Gasteiger partial charge in [0.15, 0.2) is 0 Å². The molecule has 0 saturated heterocycles. The number of nitrogens with one attached hydrogen (secondary N) is 4. The third kappa shape index (κ3) is 14.0. The number of carbonyl (C=O) groups excluding carboxylic acids is 3. The van der Waals surface area contributed by atoms with Gasteiger partial charge in [-0.15, -0.1) is 0 Å². The summed E-state index contributed by atoms with van der Waals surface area (Å²) in [5.74, 6) is 0.943. The molecule has 0 aliphatic heterocycles. The van der Waals surface area contributed by atoms with Crippen LogP contribution in [0.1, 0.15) is 97.5 Å². The fourth-order valence-electron chi connectivity index (χ4n) is 4.96. The van der Waals surface area contributed by atoms with Crippen LogP contribution in [-0.4, -0.2) is 41.6 Å². The van der Waals surface area contributed by atoms with Crippen LogP contribution in [0.4, 0.5) is 23.7 Å². The molecule has 43 heavy (non-hydrogen) atoms. The van der Waals surface area contributed by atoms with Gasteiger partial charge in [-0.3, -0.25) is 14.4 Å². The molecule has 4 N–H and O–H groups in total. The number of benzene rings is 1. The van der Waals surface area contributed by atoms with E-state index >= 15 is 0 Å². The molecular weight excluding hydrogens is 565 g/mol. The van der Waals surface area contributed by atoms with Crippen molar-refractivity contribution in [3.8, 4) is 0 Å². The Hall–Kier alpha value is -3.57. The predicted molar refractivity (Wildman–Crippen MR) is 161 cm³/mol. The molecule has 1 aliphatic rings. The van der Waals surface area contributed by atoms with Crippen LogP contribution in [0, 0.1) is 5.92 Å². The average Bonchev–Trinajstić information content (AvgIpc) is 2.91. The van der Waals surface area contributed by atoms with Crippen molar-refractivity contribution in [1.82, 2.24) is 15.6 Å². The second kappa shape index (κ2) is 16.9. The number of ether oxygens (including phenoxy) is 1. The van der Waals surface area contributed by atoms with Gasteiger partial charge in [0, 0.05) is 36.1 Å². The minimum absolute atomic E-state index is 0.0154. The summed E-state index contributed by atoms with van der Waals surface area (Å²) in [4.78, 5) is 47.2. The van der Waals surface area contributed by atoms with E-state index in [1.807, 2.05) is 20.8 Å². The first-order valence-corrected chi connectivity index (χ1v) is 14.9. The van der Waals surface area contributed by atoms with Crippen molar-refractivity contribution in [2.24, 2.45) is 5.92 Å². The number of fused-ring (bicyclic) bond motifs is 1. The molecular formula is C31H45F3N4O5. The van der Waals surface area contributed by atoms with Gasteiger partial charge >= 0.3 is 12.3 Å². The summed E-state index contributed by atoms with van der Waals surface area (Å²) >= 11 is 0. The number of alkyl halides is 3. The second-order valence-electron chi connectivity index (χ2n) is 12.0. The van der Waals surface area contributed by atoms with E-state index in [-0.39, 0.29) is 28.9 Å². The van der Waals surface area contributed by atoms with Crippen LogP contribution in [0.3, 0.4) is 0 Å². The second-order valence-corrected chi connectivity index (χ2v) is 12.0. The smallest absolute Gasteiger partial charge is 0.417 e. The number of amides is 3. The Morgan fingerprint density at radius 2 is 1.79 bits per heavy atom. The SMILES string of the molecule is CC(CCCCNC(=O)OC(C)(C)C)NC(=O)CCC1CCCCC1.O=CNc1ccc2c(C(F)(F)F)cc(=O)[nH]c2c1. The largest absolute Gasteiger partial charge is 0.444 e. The summed E-state index contributed by atoms with van der Waals surface area (Å²) in [5.41, 5.74) is -1.99. The third-order valence-corrected chi connectivity index (χ3v) is 7.02. The number of aromatic amines is 1. The van der Waals surface area contributed by atoms with E-state index in [2.05, 4.69) is 27.9 Å². The van der Waals surface area contributed by atoms with Gasteiger partial charge in [-0.2, -0.15) is 13.2 Å². The van der Waals surface area contributed by atoms with Crippen LogP contribution in [0.25, 0.3) is 10.9 Å². The van der Waals surface area contributed by atoms with Gasteiger partial charge in [0.1, 0.15) is 5.60 Å². The fraction of sp³-hybridized carbons (Fsp3) is 0.613. The van der Waals surface area contributed by atoms with Crippen molar-refractivity contribution < 1.29 is 32.3 Å². The zero-order valence-electron chi connectivity index (χ0n) is 25.5. The first kappa shape index (κ1) is 35.6. The lowest BCUT2D eigenvalue weighted by Gasteiger charge is -2.21. The molecule has 9 nitrogen and oxygen atoms in total. The molecule has 1 aromatic heterocycles. The third-order valence-electron chi connectivity index (χ3n) is 7.02. The van der Waals surface area contributed by atoms with Crippen LogP contribution >= 0.6 is 0 Å². The van der Waals surface area contributed by atoms with Crippen LogP contribution in [0.5, 0.6) is 0 Å². The average molecular weight is 611 g/mol. The number of hydrogen-bond acceptors (Lipinski definition) is 5. The molecule has 1 unspecified atom stereocenters. The molecule has 3 rings (SSSR count). The number of unbranched alkanes of at least 4 members (excludes halogenated alkanes) is 1. The van der Waals surface area contributed by atoms with E-state index < -0.39 is 22.9 Å². The van der Waals surface area contributed by atoms with Gasteiger partial charge in [0.2, 0.25) is 17.9 Å². The maximum Gasteiger partial charge on any atom is 0.417 e. The number of halogens is 3. The first-order chi connectivity index (χ1) is 20.2. The van der Waals surface area contributed by atoms with E-state index in [0.717, 1.165) is 31.6 Å². The molecule has 1 aromatic carbocycles. The number of rotatable bonds is 11. The van der Waals surface area contributed by atoms with Crippen LogP contribution in [0.2, 0.25) is 0 Å². The Kier molecular flexibility index (Phi) is 14.0. The summed E-state index contributed by atoms with van der Waals surface area (Å²) in [7, 11) is 0. The molecule has 240 valence electrons. The number of H-pyrrole nitrogens is 1. The zero-order valence-corrected chi connectivity index (χ0v) is 25.5. The minimum atomic E-state index is -4.61. The molecule has 1 aliphatic carbocycles. The maximum atomic E-state index is 12.7. The normalized spacial score (nSPS) is 14.7. The molecule has 0 spiro atoms. The van der Waals surface area contributed by atoms with Crippen molar-refractivity contribution >= 4 is 35.0 Å². The molecule has 1 saturated carbocycles. The Labute approximate surface area is 250 Å². The van der Waals surface area contributed by atoms with Gasteiger partial charge < -0.3 is 25.7 Å². The number of alkyl carbamates (subject to hydrolysis) is 1. The van der Waals surface area contributed by atoms with E-state index in [9.17, 15) is 32.3 Å². The molecule has 0 radical (unpaired) electrons.